The van der Waals surface area contributed by atoms with Crippen LogP contribution in [0.1, 0.15) is 43.4 Å². The maximum absolute atomic E-state index is 12.6. The Balaban J connectivity index is 1.52. The third-order valence-electron chi connectivity index (χ3n) is 6.99. The van der Waals surface area contributed by atoms with Gasteiger partial charge in [-0.05, 0) is 48.9 Å². The lowest BCUT2D eigenvalue weighted by molar-refractivity contribution is -0.134. The number of fused-ring (bicyclic) bond motifs is 1. The topological polar surface area (TPSA) is 102 Å². The van der Waals surface area contributed by atoms with E-state index < -0.39 is 0 Å². The maximum atomic E-state index is 12.6. The van der Waals surface area contributed by atoms with Crippen LogP contribution in [0, 0.1) is 11.3 Å². The lowest BCUT2D eigenvalue weighted by Gasteiger charge is -2.41. The Morgan fingerprint density at radius 2 is 2.06 bits per heavy atom. The van der Waals surface area contributed by atoms with E-state index in [4.69, 9.17) is 9.72 Å². The highest BCUT2D eigenvalue weighted by Gasteiger charge is 2.33. The van der Waals surface area contributed by atoms with Crippen molar-refractivity contribution < 1.29 is 9.53 Å². The highest BCUT2D eigenvalue weighted by Crippen LogP contribution is 2.46. The predicted molar refractivity (Wildman–Crippen MR) is 134 cm³/mol. The van der Waals surface area contributed by atoms with E-state index in [1.54, 1.807) is 13.3 Å². The highest BCUT2D eigenvalue weighted by atomic mass is 16.5. The number of piperazine rings is 1. The number of carbonyl (C=O) groups is 1. The fourth-order valence-corrected chi connectivity index (χ4v) is 5.03. The van der Waals surface area contributed by atoms with E-state index in [-0.39, 0.29) is 17.5 Å². The van der Waals surface area contributed by atoms with E-state index in [1.165, 1.54) is 0 Å². The van der Waals surface area contributed by atoms with E-state index in [0.717, 1.165) is 35.0 Å². The van der Waals surface area contributed by atoms with Crippen molar-refractivity contribution >= 4 is 22.5 Å². The van der Waals surface area contributed by atoms with E-state index in [2.05, 4.69) is 16.0 Å². The zero-order valence-electron chi connectivity index (χ0n) is 20.1. The van der Waals surface area contributed by atoms with Gasteiger partial charge in [-0.25, -0.2) is 4.98 Å². The van der Waals surface area contributed by atoms with Gasteiger partial charge in [0.05, 0.1) is 24.3 Å². The minimum Gasteiger partial charge on any atom is -0.384 e. The van der Waals surface area contributed by atoms with Crippen molar-refractivity contribution in [2.24, 2.45) is 0 Å². The summed E-state index contributed by atoms with van der Waals surface area (Å²) in [6, 6.07) is 11.9. The average Bonchev–Trinajstić information content (AvgIpc) is 3.72. The summed E-state index contributed by atoms with van der Waals surface area (Å²) in [6.45, 7) is 4.28. The monoisotopic (exact) mass is 471 g/mol. The molecule has 3 heterocycles. The second kappa shape index (κ2) is 9.51. The number of H-pyrrole nitrogens is 1. The Hall–Kier alpha value is -3.70. The van der Waals surface area contributed by atoms with Gasteiger partial charge in [0.2, 0.25) is 5.91 Å². The van der Waals surface area contributed by atoms with Crippen LogP contribution in [0.2, 0.25) is 0 Å². The quantitative estimate of drug-likeness (QED) is 0.591. The van der Waals surface area contributed by atoms with Crippen LogP contribution < -0.4 is 10.5 Å². The number of nitrogens with zero attached hydrogens (tertiary/aromatic N) is 4. The van der Waals surface area contributed by atoms with Crippen molar-refractivity contribution in [2.75, 3.05) is 38.3 Å². The van der Waals surface area contributed by atoms with Gasteiger partial charge in [0.25, 0.3) is 5.56 Å². The van der Waals surface area contributed by atoms with E-state index in [9.17, 15) is 14.9 Å². The lowest BCUT2D eigenvalue weighted by Crippen LogP contribution is -2.54. The Morgan fingerprint density at radius 1 is 1.23 bits per heavy atom. The number of hydrogen-bond donors (Lipinski definition) is 1. The standard InChI is InChI=1S/C27H29N5O3/c1-17-16-31(11-12-32(17)24(33)9-13-35-2)26-19(15-28)14-23(25(30-26)18-6-7-18)20-4-3-5-22-21(20)8-10-29-27(22)34/h3-5,8,10,14,17-18H,6-7,9,11-13,16H2,1-2H3,(H,29,34)/t17-/m1/s1. The van der Waals surface area contributed by atoms with Gasteiger partial charge in [-0.1, -0.05) is 12.1 Å². The van der Waals surface area contributed by atoms with Crippen molar-refractivity contribution in [3.63, 3.8) is 0 Å². The molecule has 2 aromatic heterocycles. The van der Waals surface area contributed by atoms with Gasteiger partial charge in [0.1, 0.15) is 11.9 Å². The molecule has 0 radical (unpaired) electrons. The smallest absolute Gasteiger partial charge is 0.255 e. The largest absolute Gasteiger partial charge is 0.384 e. The van der Waals surface area contributed by atoms with Crippen LogP contribution in [0.15, 0.2) is 41.3 Å². The molecule has 1 aromatic carbocycles. The number of rotatable bonds is 6. The Bertz CT molecular complexity index is 1370. The number of carbonyl (C=O) groups excluding carboxylic acids is 1. The SMILES string of the molecule is COCCC(=O)N1CCN(c2nc(C3CC3)c(-c3cccc4c(=O)[nH]ccc34)cc2C#N)C[C@H]1C. The number of benzene rings is 1. The Morgan fingerprint density at radius 3 is 2.77 bits per heavy atom. The normalized spacial score (nSPS) is 18.0. The summed E-state index contributed by atoms with van der Waals surface area (Å²) in [4.78, 5) is 36.8. The summed E-state index contributed by atoms with van der Waals surface area (Å²) >= 11 is 0. The van der Waals surface area contributed by atoms with Gasteiger partial charge < -0.3 is 19.5 Å². The number of hydrogen-bond acceptors (Lipinski definition) is 6. The van der Waals surface area contributed by atoms with Crippen LogP contribution >= 0.6 is 0 Å². The fourth-order valence-electron chi connectivity index (χ4n) is 5.03. The molecule has 8 nitrogen and oxygen atoms in total. The highest BCUT2D eigenvalue weighted by molar-refractivity contribution is 5.97. The molecule has 2 fully saturated rings. The summed E-state index contributed by atoms with van der Waals surface area (Å²) in [5.41, 5.74) is 3.21. The summed E-state index contributed by atoms with van der Waals surface area (Å²) in [7, 11) is 1.60. The molecule has 1 N–H and O–H groups in total. The summed E-state index contributed by atoms with van der Waals surface area (Å²) < 4.78 is 5.06. The van der Waals surface area contributed by atoms with Crippen molar-refractivity contribution in [1.82, 2.24) is 14.9 Å². The molecule has 1 atom stereocenters. The van der Waals surface area contributed by atoms with Crippen LogP contribution in [-0.4, -0.2) is 60.2 Å². The summed E-state index contributed by atoms with van der Waals surface area (Å²) in [5.74, 6) is 1.13. The molecular weight excluding hydrogens is 442 g/mol. The summed E-state index contributed by atoms with van der Waals surface area (Å²) in [5, 5.41) is 11.6. The average molecular weight is 472 g/mol. The minimum atomic E-state index is -0.130. The molecular formula is C27H29N5O3. The van der Waals surface area contributed by atoms with Crippen LogP contribution in [0.4, 0.5) is 5.82 Å². The van der Waals surface area contributed by atoms with Gasteiger partial charge in [-0.3, -0.25) is 9.59 Å². The van der Waals surface area contributed by atoms with Gasteiger partial charge in [-0.2, -0.15) is 5.26 Å². The first-order chi connectivity index (χ1) is 17.0. The van der Waals surface area contributed by atoms with Crippen molar-refractivity contribution in [2.45, 2.75) is 38.1 Å². The molecule has 1 amide bonds. The number of aromatic amines is 1. The van der Waals surface area contributed by atoms with Crippen LogP contribution in [0.5, 0.6) is 0 Å². The number of methoxy groups -OCH3 is 1. The van der Waals surface area contributed by atoms with Gasteiger partial charge in [-0.15, -0.1) is 0 Å². The second-order valence-electron chi connectivity index (χ2n) is 9.38. The van der Waals surface area contributed by atoms with Gasteiger partial charge >= 0.3 is 0 Å². The number of nitrogens with one attached hydrogen (secondary N) is 1. The van der Waals surface area contributed by atoms with Crippen LogP contribution in [0.3, 0.4) is 0 Å². The molecule has 1 aliphatic heterocycles. The van der Waals surface area contributed by atoms with Gasteiger partial charge in [0.15, 0.2) is 0 Å². The predicted octanol–water partition coefficient (Wildman–Crippen LogP) is 3.41. The zero-order valence-corrected chi connectivity index (χ0v) is 20.1. The molecule has 5 rings (SSSR count). The van der Waals surface area contributed by atoms with Gasteiger partial charge in [0, 0.05) is 55.9 Å². The van der Waals surface area contributed by atoms with Crippen molar-refractivity contribution in [3.05, 3.63) is 58.1 Å². The van der Waals surface area contributed by atoms with Crippen molar-refractivity contribution in [1.29, 1.82) is 5.26 Å². The second-order valence-corrected chi connectivity index (χ2v) is 9.38. The molecule has 2 aliphatic rings. The number of aromatic nitrogens is 2. The molecule has 35 heavy (non-hydrogen) atoms. The maximum Gasteiger partial charge on any atom is 0.255 e. The Kier molecular flexibility index (Phi) is 6.27. The number of anilines is 1. The van der Waals surface area contributed by atoms with Crippen LogP contribution in [-0.2, 0) is 9.53 Å². The third-order valence-corrected chi connectivity index (χ3v) is 6.99. The number of ether oxygens (including phenoxy) is 1. The lowest BCUT2D eigenvalue weighted by atomic mass is 9.95. The van der Waals surface area contributed by atoms with E-state index in [0.29, 0.717) is 55.3 Å². The number of pyridine rings is 2. The van der Waals surface area contributed by atoms with E-state index >= 15 is 0 Å². The Labute approximate surface area is 204 Å². The molecule has 1 saturated carbocycles. The molecule has 1 aliphatic carbocycles. The van der Waals surface area contributed by atoms with E-state index in [1.807, 2.05) is 42.2 Å². The zero-order chi connectivity index (χ0) is 24.5. The molecule has 8 heteroatoms. The van der Waals surface area contributed by atoms with Crippen LogP contribution in [0.25, 0.3) is 21.9 Å². The molecule has 0 bridgehead atoms. The third kappa shape index (κ3) is 4.40. The van der Waals surface area contributed by atoms with Crippen molar-refractivity contribution in [3.8, 4) is 17.2 Å². The number of nitriles is 1. The first-order valence-corrected chi connectivity index (χ1v) is 12.1. The molecule has 3 aromatic rings. The molecule has 1 saturated heterocycles. The first-order valence-electron chi connectivity index (χ1n) is 12.1. The molecule has 0 unspecified atom stereocenters. The molecule has 0 spiro atoms. The molecule has 180 valence electrons. The fraction of sp³-hybridized carbons (Fsp3) is 0.407. The number of amides is 1. The minimum absolute atomic E-state index is 0.00953. The summed E-state index contributed by atoms with van der Waals surface area (Å²) in [6.07, 6.45) is 4.16. The first kappa shape index (κ1) is 23.1.